The molecule has 1 aromatic heterocycles. The maximum atomic E-state index is 12.7. The zero-order chi connectivity index (χ0) is 7.84. The van der Waals surface area contributed by atoms with Crippen molar-refractivity contribution in [2.75, 3.05) is 6.54 Å². The van der Waals surface area contributed by atoms with Crippen molar-refractivity contribution in [1.29, 1.82) is 0 Å². The third-order valence-electron chi connectivity index (χ3n) is 1.66. The van der Waals surface area contributed by atoms with Crippen LogP contribution in [-0.2, 0) is 13.1 Å². The molecule has 2 heterocycles. The molecule has 4 nitrogen and oxygen atoms in total. The lowest BCUT2D eigenvalue weighted by atomic mass is 10.4. The third kappa shape index (κ3) is 1.24. The van der Waals surface area contributed by atoms with Gasteiger partial charge in [0.25, 0.3) is 0 Å². The van der Waals surface area contributed by atoms with E-state index in [2.05, 4.69) is 36.2 Å². The molecule has 0 unspecified atom stereocenters. The molecule has 0 radical (unpaired) electrons. The Morgan fingerprint density at radius 2 is 2.18 bits per heavy atom. The molecule has 0 aliphatic carbocycles. The van der Waals surface area contributed by atoms with Crippen LogP contribution in [0.2, 0.25) is 0 Å². The minimum absolute atomic E-state index is 0.468. The van der Waals surface area contributed by atoms with E-state index in [1.807, 2.05) is 0 Å². The van der Waals surface area contributed by atoms with Crippen LogP contribution >= 0.6 is 22.9 Å². The van der Waals surface area contributed by atoms with Crippen LogP contribution in [0.4, 0.5) is 4.39 Å². The second kappa shape index (κ2) is 2.67. The van der Waals surface area contributed by atoms with E-state index in [1.54, 1.807) is 0 Å². The SMILES string of the molecule is Fc1nnc2n1CCN(I)C2. The van der Waals surface area contributed by atoms with Crippen LogP contribution in [0.1, 0.15) is 5.82 Å². The number of hydrogen-bond donors (Lipinski definition) is 0. The summed E-state index contributed by atoms with van der Waals surface area (Å²) in [6.07, 6.45) is -0.468. The smallest absolute Gasteiger partial charge is 0.285 e. The van der Waals surface area contributed by atoms with Crippen molar-refractivity contribution in [1.82, 2.24) is 17.9 Å². The van der Waals surface area contributed by atoms with E-state index in [0.29, 0.717) is 18.9 Å². The second-order valence-electron chi connectivity index (χ2n) is 2.38. The fraction of sp³-hybridized carbons (Fsp3) is 0.600. The molecule has 11 heavy (non-hydrogen) atoms. The number of hydrogen-bond acceptors (Lipinski definition) is 3. The van der Waals surface area contributed by atoms with Gasteiger partial charge in [0.05, 0.1) is 6.54 Å². The molecule has 2 rings (SSSR count). The highest BCUT2D eigenvalue weighted by molar-refractivity contribution is 14.1. The standard InChI is InChI=1S/C5H6FIN4/c6-5-9-8-4-3-10(7)1-2-11(4)5/h1-3H2. The summed E-state index contributed by atoms with van der Waals surface area (Å²) in [7, 11) is 0. The first-order chi connectivity index (χ1) is 5.27. The Hall–Kier alpha value is -0.240. The summed E-state index contributed by atoms with van der Waals surface area (Å²) in [6, 6.07) is 0. The highest BCUT2D eigenvalue weighted by atomic mass is 127. The molecule has 1 aliphatic heterocycles. The van der Waals surface area contributed by atoms with Crippen LogP contribution in [0.25, 0.3) is 0 Å². The van der Waals surface area contributed by atoms with Gasteiger partial charge in [0, 0.05) is 36.0 Å². The maximum absolute atomic E-state index is 12.7. The molecule has 0 aromatic carbocycles. The van der Waals surface area contributed by atoms with Gasteiger partial charge < -0.3 is 0 Å². The van der Waals surface area contributed by atoms with E-state index < -0.39 is 6.08 Å². The lowest BCUT2D eigenvalue weighted by Gasteiger charge is -2.20. The van der Waals surface area contributed by atoms with E-state index in [-0.39, 0.29) is 0 Å². The van der Waals surface area contributed by atoms with Gasteiger partial charge in [0.15, 0.2) is 0 Å². The molecule has 0 amide bonds. The molecule has 60 valence electrons. The van der Waals surface area contributed by atoms with E-state index >= 15 is 0 Å². The van der Waals surface area contributed by atoms with Crippen molar-refractivity contribution in [3.63, 3.8) is 0 Å². The number of halogens is 2. The number of nitrogens with zero attached hydrogens (tertiary/aromatic N) is 4. The largest absolute Gasteiger partial charge is 0.309 e. The summed E-state index contributed by atoms with van der Waals surface area (Å²) >= 11 is 2.19. The van der Waals surface area contributed by atoms with Gasteiger partial charge in [-0.2, -0.15) is 4.39 Å². The predicted octanol–water partition coefficient (Wildman–Crippen LogP) is 0.583. The molecule has 0 spiro atoms. The highest BCUT2D eigenvalue weighted by Gasteiger charge is 2.18. The van der Waals surface area contributed by atoms with Crippen LogP contribution in [0, 0.1) is 6.08 Å². The second-order valence-corrected chi connectivity index (χ2v) is 3.75. The molecule has 0 N–H and O–H groups in total. The Morgan fingerprint density at radius 3 is 3.00 bits per heavy atom. The summed E-state index contributed by atoms with van der Waals surface area (Å²) in [4.78, 5) is 0. The van der Waals surface area contributed by atoms with Crippen molar-refractivity contribution in [2.45, 2.75) is 13.1 Å². The predicted molar refractivity (Wildman–Crippen MR) is 44.4 cm³/mol. The van der Waals surface area contributed by atoms with Gasteiger partial charge in [0.1, 0.15) is 5.82 Å². The van der Waals surface area contributed by atoms with Crippen LogP contribution < -0.4 is 0 Å². The van der Waals surface area contributed by atoms with Gasteiger partial charge in [-0.05, 0) is 0 Å². The number of aromatic nitrogens is 3. The molecule has 0 atom stereocenters. The lowest BCUT2D eigenvalue weighted by molar-refractivity contribution is 0.357. The minimum Gasteiger partial charge on any atom is -0.285 e. The minimum atomic E-state index is -0.468. The Balaban J connectivity index is 2.36. The molecule has 6 heteroatoms. The molecule has 0 fully saturated rings. The fourth-order valence-electron chi connectivity index (χ4n) is 1.09. The molecular weight excluding hydrogens is 262 g/mol. The summed E-state index contributed by atoms with van der Waals surface area (Å²) in [5.41, 5.74) is 0. The Morgan fingerprint density at radius 1 is 1.36 bits per heavy atom. The lowest BCUT2D eigenvalue weighted by Crippen LogP contribution is -2.27. The molecule has 1 aliphatic rings. The zero-order valence-corrected chi connectivity index (χ0v) is 7.82. The molecule has 0 saturated carbocycles. The summed E-state index contributed by atoms with van der Waals surface area (Å²) < 4.78 is 16.3. The molecular formula is C5H6FIN4. The van der Waals surface area contributed by atoms with Crippen LogP contribution in [0.5, 0.6) is 0 Å². The van der Waals surface area contributed by atoms with Crippen molar-refractivity contribution < 1.29 is 4.39 Å². The van der Waals surface area contributed by atoms with Gasteiger partial charge in [-0.3, -0.25) is 4.57 Å². The summed E-state index contributed by atoms with van der Waals surface area (Å²) in [6.45, 7) is 2.18. The maximum Gasteiger partial charge on any atom is 0.309 e. The first-order valence-electron chi connectivity index (χ1n) is 3.25. The van der Waals surface area contributed by atoms with Gasteiger partial charge in [-0.25, -0.2) is 3.11 Å². The Labute approximate surface area is 76.9 Å². The number of rotatable bonds is 0. The monoisotopic (exact) mass is 268 g/mol. The highest BCUT2D eigenvalue weighted by Crippen LogP contribution is 2.13. The van der Waals surface area contributed by atoms with Crippen molar-refractivity contribution >= 4 is 22.9 Å². The van der Waals surface area contributed by atoms with E-state index in [9.17, 15) is 4.39 Å². The fourth-order valence-corrected chi connectivity index (χ4v) is 1.61. The summed E-state index contributed by atoms with van der Waals surface area (Å²) in [5, 5.41) is 7.05. The topological polar surface area (TPSA) is 34.0 Å². The van der Waals surface area contributed by atoms with Crippen LogP contribution in [0.15, 0.2) is 0 Å². The van der Waals surface area contributed by atoms with Gasteiger partial charge >= 0.3 is 6.08 Å². The van der Waals surface area contributed by atoms with Crippen molar-refractivity contribution in [3.05, 3.63) is 11.9 Å². The quantitative estimate of drug-likeness (QED) is 0.510. The molecule has 1 aromatic rings. The zero-order valence-electron chi connectivity index (χ0n) is 5.67. The first-order valence-corrected chi connectivity index (χ1v) is 4.22. The van der Waals surface area contributed by atoms with Crippen LogP contribution in [-0.4, -0.2) is 24.4 Å². The van der Waals surface area contributed by atoms with Gasteiger partial charge in [0.2, 0.25) is 0 Å². The van der Waals surface area contributed by atoms with Crippen LogP contribution in [0.3, 0.4) is 0 Å². The third-order valence-corrected chi connectivity index (χ3v) is 2.49. The van der Waals surface area contributed by atoms with Crippen molar-refractivity contribution in [2.24, 2.45) is 0 Å². The average Bonchev–Trinajstić information content (AvgIpc) is 2.32. The van der Waals surface area contributed by atoms with Gasteiger partial charge in [-0.15, -0.1) is 5.10 Å². The first kappa shape index (κ1) is 7.41. The normalized spacial score (nSPS) is 18.4. The Kier molecular flexibility index (Phi) is 1.80. The van der Waals surface area contributed by atoms with E-state index in [0.717, 1.165) is 6.54 Å². The van der Waals surface area contributed by atoms with Gasteiger partial charge in [-0.1, -0.05) is 5.10 Å². The van der Waals surface area contributed by atoms with Crippen molar-refractivity contribution in [3.8, 4) is 0 Å². The molecule has 0 saturated heterocycles. The molecule has 0 bridgehead atoms. The average molecular weight is 268 g/mol. The Bertz CT molecular complexity index is 273. The van der Waals surface area contributed by atoms with E-state index in [1.165, 1.54) is 4.57 Å². The van der Waals surface area contributed by atoms with E-state index in [4.69, 9.17) is 0 Å². The summed E-state index contributed by atoms with van der Waals surface area (Å²) in [5.74, 6) is 0.711. The number of fused-ring (bicyclic) bond motifs is 1.